The summed E-state index contributed by atoms with van der Waals surface area (Å²) in [5.41, 5.74) is 0. The summed E-state index contributed by atoms with van der Waals surface area (Å²) in [5.74, 6) is 0.0955. The molecule has 0 bridgehead atoms. The van der Waals surface area contributed by atoms with Crippen LogP contribution in [0.2, 0.25) is 0 Å². The molecule has 1 saturated carbocycles. The zero-order chi connectivity index (χ0) is 24.1. The summed E-state index contributed by atoms with van der Waals surface area (Å²) in [6, 6.07) is 0. The summed E-state index contributed by atoms with van der Waals surface area (Å²) in [4.78, 5) is 10.7. The van der Waals surface area contributed by atoms with Crippen molar-refractivity contribution in [2.75, 3.05) is 6.61 Å². The van der Waals surface area contributed by atoms with Gasteiger partial charge in [-0.15, -0.1) is 11.6 Å². The lowest BCUT2D eigenvalue weighted by molar-refractivity contribution is -0.192. The van der Waals surface area contributed by atoms with E-state index in [4.69, 9.17) is 26.2 Å². The zero-order valence-electron chi connectivity index (χ0n) is 20.5. The molecule has 190 valence electrons. The fourth-order valence-corrected chi connectivity index (χ4v) is 5.41. The predicted octanol–water partition coefficient (Wildman–Crippen LogP) is 6.48. The normalized spacial score (nSPS) is 30.2. The van der Waals surface area contributed by atoms with Crippen LogP contribution in [0.3, 0.4) is 0 Å². The van der Waals surface area contributed by atoms with Gasteiger partial charge in [-0.1, -0.05) is 57.4 Å². The molecule has 1 aliphatic heterocycles. The number of unbranched alkanes of at least 4 members (excludes halogenated alkanes) is 2. The molecule has 1 aliphatic carbocycles. The molecule has 7 atom stereocenters. The molecule has 1 heterocycles. The van der Waals surface area contributed by atoms with E-state index in [2.05, 4.69) is 32.1 Å². The maximum absolute atomic E-state index is 10.7. The first-order chi connectivity index (χ1) is 15.9. The second-order valence-corrected chi connectivity index (χ2v) is 10.5. The van der Waals surface area contributed by atoms with Crippen LogP contribution in [0.25, 0.3) is 0 Å². The van der Waals surface area contributed by atoms with Crippen molar-refractivity contribution in [3.8, 4) is 0 Å². The number of rotatable bonds is 15. The summed E-state index contributed by atoms with van der Waals surface area (Å²) in [6.07, 6.45) is 18.3. The molecule has 0 radical (unpaired) electrons. The second kappa shape index (κ2) is 15.9. The average molecular weight is 485 g/mol. The van der Waals surface area contributed by atoms with Crippen LogP contribution in [0.4, 0.5) is 0 Å². The molecular formula is C27H45ClO5. The molecule has 2 rings (SSSR count). The first-order valence-corrected chi connectivity index (χ1v) is 13.5. The van der Waals surface area contributed by atoms with Crippen LogP contribution in [-0.2, 0) is 14.3 Å². The Morgan fingerprint density at radius 3 is 2.79 bits per heavy atom. The topological polar surface area (TPSA) is 76.0 Å². The number of carboxylic acid groups (broad SMARTS) is 1. The van der Waals surface area contributed by atoms with Crippen LogP contribution < -0.4 is 0 Å². The van der Waals surface area contributed by atoms with Gasteiger partial charge in [-0.2, -0.15) is 0 Å². The highest BCUT2D eigenvalue weighted by Crippen LogP contribution is 2.42. The maximum Gasteiger partial charge on any atom is 0.303 e. The fraction of sp³-hybridized carbons (Fsp3) is 0.815. The molecule has 6 heteroatoms. The van der Waals surface area contributed by atoms with E-state index < -0.39 is 12.1 Å². The maximum atomic E-state index is 10.7. The standard InChI is InChI=1S/C27H45ClO5/c1-3-4-11-20(2)18-21(29)15-16-23-22(12-7-5-6-8-13-26(30)31)24(28)19-25(23)33-27-14-9-10-17-32-27/h5,7,15-16,20-25,27,29H,3-4,6,8-14,17-19H2,1-2H3,(H,30,31)/b7-5-,16-15+/t20-,21+,22+,23-,24-,25+,27?/m0/s1. The van der Waals surface area contributed by atoms with E-state index in [1.54, 1.807) is 0 Å². The van der Waals surface area contributed by atoms with Crippen molar-refractivity contribution in [3.63, 3.8) is 0 Å². The molecule has 5 nitrogen and oxygen atoms in total. The summed E-state index contributed by atoms with van der Waals surface area (Å²) >= 11 is 6.80. The Bertz CT molecular complexity index is 601. The van der Waals surface area contributed by atoms with E-state index >= 15 is 0 Å². The molecule has 0 aromatic carbocycles. The number of ether oxygens (including phenoxy) is 2. The predicted molar refractivity (Wildman–Crippen MR) is 133 cm³/mol. The minimum atomic E-state index is -0.752. The van der Waals surface area contributed by atoms with Crippen LogP contribution in [0.5, 0.6) is 0 Å². The highest BCUT2D eigenvalue weighted by Gasteiger charge is 2.42. The Morgan fingerprint density at radius 1 is 1.27 bits per heavy atom. The van der Waals surface area contributed by atoms with Crippen molar-refractivity contribution < 1.29 is 24.5 Å². The summed E-state index contributed by atoms with van der Waals surface area (Å²) in [7, 11) is 0. The minimum absolute atomic E-state index is 0.00229. The third kappa shape index (κ3) is 10.9. The van der Waals surface area contributed by atoms with Crippen LogP contribution in [-0.4, -0.2) is 46.7 Å². The third-order valence-corrected chi connectivity index (χ3v) is 7.40. The van der Waals surface area contributed by atoms with Crippen LogP contribution >= 0.6 is 11.6 Å². The van der Waals surface area contributed by atoms with Crippen LogP contribution in [0, 0.1) is 17.8 Å². The lowest BCUT2D eigenvalue weighted by atomic mass is 9.89. The van der Waals surface area contributed by atoms with Gasteiger partial charge in [-0.05, 0) is 63.2 Å². The average Bonchev–Trinajstić information content (AvgIpc) is 3.07. The van der Waals surface area contributed by atoms with Gasteiger partial charge in [0.25, 0.3) is 0 Å². The SMILES string of the molecule is CCCC[C@H](C)C[C@H](O)/C=C/[C@H]1[C@@H](C/C=C\CCCC(=O)O)[C@@H](Cl)C[C@H]1OC1CCCCO1. The number of halogens is 1. The Hall–Kier alpha value is -0.880. The minimum Gasteiger partial charge on any atom is -0.481 e. The highest BCUT2D eigenvalue weighted by atomic mass is 35.5. The lowest BCUT2D eigenvalue weighted by Gasteiger charge is -2.29. The van der Waals surface area contributed by atoms with Crippen LogP contribution in [0.1, 0.15) is 90.9 Å². The first kappa shape index (κ1) is 28.4. The number of aliphatic hydroxyl groups is 1. The molecule has 0 spiro atoms. The monoisotopic (exact) mass is 484 g/mol. The molecule has 1 saturated heterocycles. The van der Waals surface area contributed by atoms with Crippen molar-refractivity contribution in [1.29, 1.82) is 0 Å². The Labute approximate surface area is 205 Å². The van der Waals surface area contributed by atoms with E-state index in [9.17, 15) is 9.90 Å². The Morgan fingerprint density at radius 2 is 2.09 bits per heavy atom. The van der Waals surface area contributed by atoms with Crippen molar-refractivity contribution in [3.05, 3.63) is 24.3 Å². The molecule has 1 unspecified atom stereocenters. The molecule has 2 aliphatic rings. The van der Waals surface area contributed by atoms with Gasteiger partial charge < -0.3 is 19.7 Å². The highest BCUT2D eigenvalue weighted by molar-refractivity contribution is 6.21. The zero-order valence-corrected chi connectivity index (χ0v) is 21.3. The molecule has 0 aromatic rings. The van der Waals surface area contributed by atoms with E-state index in [-0.39, 0.29) is 36.0 Å². The molecule has 33 heavy (non-hydrogen) atoms. The van der Waals surface area contributed by atoms with Gasteiger partial charge in [0.15, 0.2) is 6.29 Å². The smallest absolute Gasteiger partial charge is 0.303 e. The molecule has 2 N–H and O–H groups in total. The second-order valence-electron chi connectivity index (χ2n) is 9.89. The summed E-state index contributed by atoms with van der Waals surface area (Å²) in [6.45, 7) is 5.16. The number of alkyl halides is 1. The summed E-state index contributed by atoms with van der Waals surface area (Å²) < 4.78 is 12.2. The van der Waals surface area contributed by atoms with Crippen molar-refractivity contribution in [1.82, 2.24) is 0 Å². The molecule has 0 amide bonds. The number of hydrogen-bond donors (Lipinski definition) is 2. The van der Waals surface area contributed by atoms with Gasteiger partial charge >= 0.3 is 5.97 Å². The molecule has 0 aromatic heterocycles. The first-order valence-electron chi connectivity index (χ1n) is 13.0. The van der Waals surface area contributed by atoms with Crippen LogP contribution in [0.15, 0.2) is 24.3 Å². The molecular weight excluding hydrogens is 440 g/mol. The largest absolute Gasteiger partial charge is 0.481 e. The molecule has 2 fully saturated rings. The fourth-order valence-electron chi connectivity index (χ4n) is 4.96. The van der Waals surface area contributed by atoms with Gasteiger partial charge in [-0.3, -0.25) is 4.79 Å². The van der Waals surface area contributed by atoms with Crippen molar-refractivity contribution in [2.24, 2.45) is 17.8 Å². The Kier molecular flexibility index (Phi) is 13.7. The van der Waals surface area contributed by atoms with Gasteiger partial charge in [0.1, 0.15) is 0 Å². The van der Waals surface area contributed by atoms with Gasteiger partial charge in [0.05, 0.1) is 12.2 Å². The van der Waals surface area contributed by atoms with E-state index in [1.807, 2.05) is 6.08 Å². The number of aliphatic carboxylic acids is 1. The van der Waals surface area contributed by atoms with Crippen molar-refractivity contribution >= 4 is 17.6 Å². The van der Waals surface area contributed by atoms with E-state index in [1.165, 1.54) is 12.8 Å². The third-order valence-electron chi connectivity index (χ3n) is 6.90. The van der Waals surface area contributed by atoms with E-state index in [0.29, 0.717) is 12.3 Å². The summed E-state index contributed by atoms with van der Waals surface area (Å²) in [5, 5.41) is 19.4. The lowest BCUT2D eigenvalue weighted by Crippen LogP contribution is -2.30. The quantitative estimate of drug-likeness (QED) is 0.158. The van der Waals surface area contributed by atoms with Gasteiger partial charge in [0, 0.05) is 24.3 Å². The number of hydrogen-bond acceptors (Lipinski definition) is 4. The van der Waals surface area contributed by atoms with E-state index in [0.717, 1.165) is 58.0 Å². The number of carbonyl (C=O) groups is 1. The van der Waals surface area contributed by atoms with Gasteiger partial charge in [0.2, 0.25) is 0 Å². The number of allylic oxidation sites excluding steroid dienone is 2. The number of carboxylic acids is 1. The van der Waals surface area contributed by atoms with Gasteiger partial charge in [-0.25, -0.2) is 0 Å². The Balaban J connectivity index is 1.98. The number of aliphatic hydroxyl groups excluding tert-OH is 1. The van der Waals surface area contributed by atoms with Crippen molar-refractivity contribution in [2.45, 2.75) is 115 Å².